The standard InChI is InChI=1S/C8H13F3N2/c1-7(8(9,10)11)3-4-13-6-5-12-2/h4-7,12H,3H2,1-2H3/b6-5-,13-4?. The van der Waals surface area contributed by atoms with E-state index in [1.807, 2.05) is 0 Å². The van der Waals surface area contributed by atoms with Crippen LogP contribution in [0.5, 0.6) is 0 Å². The van der Waals surface area contributed by atoms with Gasteiger partial charge < -0.3 is 5.32 Å². The molecule has 0 bridgehead atoms. The van der Waals surface area contributed by atoms with Gasteiger partial charge in [0.1, 0.15) is 0 Å². The number of halogens is 3. The van der Waals surface area contributed by atoms with Gasteiger partial charge in [-0.05, 0) is 6.42 Å². The van der Waals surface area contributed by atoms with Crippen molar-refractivity contribution >= 4 is 6.21 Å². The molecule has 1 N–H and O–H groups in total. The lowest BCUT2D eigenvalue weighted by atomic mass is 10.1. The normalized spacial score (nSPS) is 15.5. The van der Waals surface area contributed by atoms with Crippen molar-refractivity contribution in [1.82, 2.24) is 5.32 Å². The molecule has 1 unspecified atom stereocenters. The Bertz CT molecular complexity index is 184. The van der Waals surface area contributed by atoms with Gasteiger partial charge in [0.25, 0.3) is 0 Å². The maximum Gasteiger partial charge on any atom is 0.391 e. The van der Waals surface area contributed by atoms with Gasteiger partial charge in [0.05, 0.1) is 5.92 Å². The van der Waals surface area contributed by atoms with E-state index in [1.165, 1.54) is 18.6 Å². The van der Waals surface area contributed by atoms with Gasteiger partial charge in [-0.15, -0.1) is 0 Å². The topological polar surface area (TPSA) is 24.4 Å². The molecule has 0 rings (SSSR count). The van der Waals surface area contributed by atoms with Gasteiger partial charge >= 0.3 is 6.18 Å². The largest absolute Gasteiger partial charge is 0.393 e. The van der Waals surface area contributed by atoms with Crippen LogP contribution in [-0.2, 0) is 0 Å². The highest BCUT2D eigenvalue weighted by molar-refractivity contribution is 5.58. The molecule has 0 radical (unpaired) electrons. The minimum Gasteiger partial charge on any atom is -0.393 e. The van der Waals surface area contributed by atoms with Crippen molar-refractivity contribution in [1.29, 1.82) is 0 Å². The predicted molar refractivity (Wildman–Crippen MR) is 46.5 cm³/mol. The van der Waals surface area contributed by atoms with Crippen molar-refractivity contribution < 1.29 is 13.2 Å². The summed E-state index contributed by atoms with van der Waals surface area (Å²) in [6.45, 7) is 1.13. The Labute approximate surface area is 75.5 Å². The fourth-order valence-corrected chi connectivity index (χ4v) is 0.531. The van der Waals surface area contributed by atoms with Crippen LogP contribution in [0.1, 0.15) is 13.3 Å². The van der Waals surface area contributed by atoms with E-state index in [9.17, 15) is 13.2 Å². The summed E-state index contributed by atoms with van der Waals surface area (Å²) >= 11 is 0. The average molecular weight is 194 g/mol. The summed E-state index contributed by atoms with van der Waals surface area (Å²) in [5, 5.41) is 2.67. The second-order valence-corrected chi connectivity index (χ2v) is 2.61. The van der Waals surface area contributed by atoms with Crippen molar-refractivity contribution in [2.45, 2.75) is 19.5 Å². The highest BCUT2D eigenvalue weighted by Gasteiger charge is 2.34. The highest BCUT2D eigenvalue weighted by atomic mass is 19.4. The minimum atomic E-state index is -4.13. The Kier molecular flexibility index (Phi) is 5.18. The zero-order valence-corrected chi connectivity index (χ0v) is 7.60. The second-order valence-electron chi connectivity index (χ2n) is 2.61. The fourth-order valence-electron chi connectivity index (χ4n) is 0.531. The van der Waals surface area contributed by atoms with Crippen LogP contribution in [0.2, 0.25) is 0 Å². The van der Waals surface area contributed by atoms with Crippen LogP contribution in [0.3, 0.4) is 0 Å². The summed E-state index contributed by atoms with van der Waals surface area (Å²) in [6.07, 6.45) is -0.0137. The molecule has 0 spiro atoms. The van der Waals surface area contributed by atoms with Crippen LogP contribution in [0.4, 0.5) is 13.2 Å². The zero-order valence-electron chi connectivity index (χ0n) is 7.60. The molecule has 0 saturated carbocycles. The number of nitrogens with zero attached hydrogens (tertiary/aromatic N) is 1. The SMILES string of the molecule is CN/C=C\N=CCC(C)C(F)(F)F. The Morgan fingerprint density at radius 1 is 1.46 bits per heavy atom. The first-order valence-corrected chi connectivity index (χ1v) is 3.89. The van der Waals surface area contributed by atoms with E-state index in [0.29, 0.717) is 0 Å². The van der Waals surface area contributed by atoms with Crippen LogP contribution >= 0.6 is 0 Å². The summed E-state index contributed by atoms with van der Waals surface area (Å²) in [5.74, 6) is -1.33. The molecule has 2 nitrogen and oxygen atoms in total. The van der Waals surface area contributed by atoms with Gasteiger partial charge in [0.15, 0.2) is 0 Å². The van der Waals surface area contributed by atoms with Gasteiger partial charge in [0.2, 0.25) is 0 Å². The molecule has 0 amide bonds. The van der Waals surface area contributed by atoms with Crippen molar-refractivity contribution in [3.8, 4) is 0 Å². The van der Waals surface area contributed by atoms with E-state index in [1.54, 1.807) is 7.05 Å². The number of rotatable bonds is 4. The van der Waals surface area contributed by atoms with Crippen molar-refractivity contribution in [3.63, 3.8) is 0 Å². The van der Waals surface area contributed by atoms with Crippen molar-refractivity contribution in [2.24, 2.45) is 10.9 Å². The average Bonchev–Trinajstić information content (AvgIpc) is 2.02. The van der Waals surface area contributed by atoms with Crippen LogP contribution in [0.15, 0.2) is 17.4 Å². The van der Waals surface area contributed by atoms with Gasteiger partial charge in [0, 0.05) is 25.7 Å². The first kappa shape index (κ1) is 12.0. The van der Waals surface area contributed by atoms with Gasteiger partial charge in [-0.3, -0.25) is 4.99 Å². The Morgan fingerprint density at radius 2 is 2.08 bits per heavy atom. The van der Waals surface area contributed by atoms with Crippen molar-refractivity contribution in [3.05, 3.63) is 12.4 Å². The third-order valence-corrected chi connectivity index (χ3v) is 1.45. The van der Waals surface area contributed by atoms with E-state index in [2.05, 4.69) is 10.3 Å². The van der Waals surface area contributed by atoms with Crippen LogP contribution in [0.25, 0.3) is 0 Å². The number of aliphatic imine (C=N–C) groups is 1. The molecule has 76 valence electrons. The molecule has 13 heavy (non-hydrogen) atoms. The molecule has 0 aromatic heterocycles. The first-order chi connectivity index (χ1) is 5.98. The Hall–Kier alpha value is -1.00. The molecule has 0 heterocycles. The van der Waals surface area contributed by atoms with Crippen LogP contribution in [0, 0.1) is 5.92 Å². The number of hydrogen-bond donors (Lipinski definition) is 1. The fraction of sp³-hybridized carbons (Fsp3) is 0.625. The lowest BCUT2D eigenvalue weighted by Crippen LogP contribution is -2.19. The lowest BCUT2D eigenvalue weighted by molar-refractivity contribution is -0.167. The third kappa shape index (κ3) is 6.19. The van der Waals surface area contributed by atoms with Gasteiger partial charge in [-0.1, -0.05) is 6.92 Å². The molecule has 0 aromatic carbocycles. The quantitative estimate of drug-likeness (QED) is 0.682. The molecule has 0 aromatic rings. The number of alkyl halides is 3. The summed E-state index contributed by atoms with van der Waals surface area (Å²) in [6, 6.07) is 0. The van der Waals surface area contributed by atoms with E-state index in [0.717, 1.165) is 6.92 Å². The summed E-state index contributed by atoms with van der Waals surface area (Å²) < 4.78 is 35.8. The highest BCUT2D eigenvalue weighted by Crippen LogP contribution is 2.27. The van der Waals surface area contributed by atoms with E-state index >= 15 is 0 Å². The maximum atomic E-state index is 11.9. The summed E-state index contributed by atoms with van der Waals surface area (Å²) in [5.41, 5.74) is 0. The molecule has 0 aliphatic carbocycles. The summed E-state index contributed by atoms with van der Waals surface area (Å²) in [4.78, 5) is 3.65. The monoisotopic (exact) mass is 194 g/mol. The van der Waals surface area contributed by atoms with Crippen LogP contribution in [-0.4, -0.2) is 19.4 Å². The Balaban J connectivity index is 3.76. The van der Waals surface area contributed by atoms with E-state index in [4.69, 9.17) is 0 Å². The number of nitrogens with one attached hydrogen (secondary N) is 1. The minimum absolute atomic E-state index is 0.0858. The predicted octanol–water partition coefficient (Wildman–Crippen LogP) is 2.34. The molecule has 0 fully saturated rings. The molecule has 0 saturated heterocycles. The third-order valence-electron chi connectivity index (χ3n) is 1.45. The van der Waals surface area contributed by atoms with E-state index < -0.39 is 12.1 Å². The van der Waals surface area contributed by atoms with Crippen molar-refractivity contribution in [2.75, 3.05) is 7.05 Å². The zero-order chi connectivity index (χ0) is 10.3. The van der Waals surface area contributed by atoms with Crippen LogP contribution < -0.4 is 5.32 Å². The molecule has 5 heteroatoms. The van der Waals surface area contributed by atoms with Gasteiger partial charge in [-0.2, -0.15) is 13.2 Å². The summed E-state index contributed by atoms with van der Waals surface area (Å²) in [7, 11) is 1.68. The first-order valence-electron chi connectivity index (χ1n) is 3.89. The molecule has 0 aliphatic heterocycles. The van der Waals surface area contributed by atoms with E-state index in [-0.39, 0.29) is 6.42 Å². The number of hydrogen-bond acceptors (Lipinski definition) is 2. The van der Waals surface area contributed by atoms with Gasteiger partial charge in [-0.25, -0.2) is 0 Å². The molecule has 0 aliphatic rings. The molecular weight excluding hydrogens is 181 g/mol. The smallest absolute Gasteiger partial charge is 0.391 e. The molecular formula is C8H13F3N2. The molecule has 1 atom stereocenters. The Morgan fingerprint density at radius 3 is 2.54 bits per heavy atom. The maximum absolute atomic E-state index is 11.9. The second kappa shape index (κ2) is 5.61. The lowest BCUT2D eigenvalue weighted by Gasteiger charge is -2.11.